The summed E-state index contributed by atoms with van der Waals surface area (Å²) in [6.45, 7) is 6.10. The highest BCUT2D eigenvalue weighted by atomic mass is 79.9. The van der Waals surface area contributed by atoms with Crippen LogP contribution >= 0.6 is 15.9 Å². The van der Waals surface area contributed by atoms with Crippen LogP contribution in [0.5, 0.6) is 5.75 Å². The fraction of sp³-hybridized carbons (Fsp3) is 0.316. The lowest BCUT2D eigenvalue weighted by Crippen LogP contribution is -2.48. The van der Waals surface area contributed by atoms with Crippen molar-refractivity contribution in [3.8, 4) is 5.75 Å². The summed E-state index contributed by atoms with van der Waals surface area (Å²) in [4.78, 5) is 12.5. The molecular weight excluding hydrogens is 368 g/mol. The Bertz CT molecular complexity index is 680. The summed E-state index contributed by atoms with van der Waals surface area (Å²) >= 11 is 3.38. The van der Waals surface area contributed by atoms with Crippen LogP contribution in [0.4, 0.5) is 0 Å². The van der Waals surface area contributed by atoms with E-state index in [4.69, 9.17) is 10.5 Å². The highest BCUT2D eigenvalue weighted by Crippen LogP contribution is 2.21. The number of benzene rings is 2. The minimum Gasteiger partial charge on any atom is -0.491 e. The predicted octanol–water partition coefficient (Wildman–Crippen LogP) is 3.73. The lowest BCUT2D eigenvalue weighted by molar-refractivity contribution is -0.126. The van der Waals surface area contributed by atoms with E-state index in [1.165, 1.54) is 0 Å². The monoisotopic (exact) mass is 390 g/mol. The molecule has 0 bridgehead atoms. The molecule has 0 saturated carbocycles. The molecule has 1 amide bonds. The van der Waals surface area contributed by atoms with E-state index in [2.05, 4.69) is 21.2 Å². The number of nitrogens with two attached hydrogens (primary N) is 1. The summed E-state index contributed by atoms with van der Waals surface area (Å²) in [6, 6.07) is 15.1. The van der Waals surface area contributed by atoms with Crippen molar-refractivity contribution in [3.63, 3.8) is 0 Å². The number of carbonyl (C=O) groups excluding carboxylic acids is 1. The number of hydrogen-bond acceptors (Lipinski definition) is 3. The molecule has 2 rings (SSSR count). The van der Waals surface area contributed by atoms with E-state index in [0.717, 1.165) is 21.3 Å². The molecule has 0 aliphatic carbocycles. The van der Waals surface area contributed by atoms with Crippen molar-refractivity contribution in [1.82, 2.24) is 5.32 Å². The zero-order valence-corrected chi connectivity index (χ0v) is 15.8. The first kappa shape index (κ1) is 18.5. The highest BCUT2D eigenvalue weighted by Gasteiger charge is 2.30. The van der Waals surface area contributed by atoms with Crippen LogP contribution in [0.25, 0.3) is 0 Å². The van der Waals surface area contributed by atoms with Gasteiger partial charge in [-0.1, -0.05) is 40.2 Å². The average molecular weight is 391 g/mol. The van der Waals surface area contributed by atoms with Gasteiger partial charge in [0.25, 0.3) is 0 Å². The van der Waals surface area contributed by atoms with Gasteiger partial charge < -0.3 is 15.8 Å². The quantitative estimate of drug-likeness (QED) is 0.789. The first-order chi connectivity index (χ1) is 11.3. The zero-order valence-electron chi connectivity index (χ0n) is 14.2. The van der Waals surface area contributed by atoms with Crippen LogP contribution in [0.1, 0.15) is 31.9 Å². The van der Waals surface area contributed by atoms with E-state index in [9.17, 15) is 4.79 Å². The van der Waals surface area contributed by atoms with Crippen molar-refractivity contribution in [1.29, 1.82) is 0 Å². The second kappa shape index (κ2) is 7.81. The van der Waals surface area contributed by atoms with Gasteiger partial charge in [-0.05, 0) is 56.2 Å². The maximum absolute atomic E-state index is 12.5. The van der Waals surface area contributed by atoms with Gasteiger partial charge in [0, 0.05) is 11.0 Å². The van der Waals surface area contributed by atoms with Crippen LogP contribution in [-0.2, 0) is 16.9 Å². The second-order valence-corrected chi connectivity index (χ2v) is 7.12. The summed E-state index contributed by atoms with van der Waals surface area (Å²) in [6.07, 6.45) is 0.138. The molecule has 3 N–H and O–H groups in total. The second-order valence-electron chi connectivity index (χ2n) is 6.20. The van der Waals surface area contributed by atoms with E-state index in [0.29, 0.717) is 6.54 Å². The van der Waals surface area contributed by atoms with Crippen LogP contribution < -0.4 is 15.8 Å². The average Bonchev–Trinajstić information content (AvgIpc) is 2.53. The molecule has 0 spiro atoms. The Morgan fingerprint density at radius 1 is 1.17 bits per heavy atom. The van der Waals surface area contributed by atoms with Gasteiger partial charge in [-0.15, -0.1) is 0 Å². The Morgan fingerprint density at radius 3 is 2.29 bits per heavy atom. The summed E-state index contributed by atoms with van der Waals surface area (Å²) < 4.78 is 6.56. The fourth-order valence-electron chi connectivity index (χ4n) is 2.25. The summed E-state index contributed by atoms with van der Waals surface area (Å²) in [5, 5.41) is 2.90. The summed E-state index contributed by atoms with van der Waals surface area (Å²) in [5.41, 5.74) is 6.90. The fourth-order valence-corrected chi connectivity index (χ4v) is 2.52. The maximum Gasteiger partial charge on any atom is 0.244 e. The Kier molecular flexibility index (Phi) is 6.02. The third kappa shape index (κ3) is 4.82. The van der Waals surface area contributed by atoms with Crippen molar-refractivity contribution in [3.05, 3.63) is 64.1 Å². The lowest BCUT2D eigenvalue weighted by atomic mass is 9.92. The minimum absolute atomic E-state index is 0.138. The molecule has 5 heteroatoms. The summed E-state index contributed by atoms with van der Waals surface area (Å²) in [5.74, 6) is 0.603. The largest absolute Gasteiger partial charge is 0.491 e. The van der Waals surface area contributed by atoms with Crippen LogP contribution in [0, 0.1) is 0 Å². The Morgan fingerprint density at radius 2 is 1.75 bits per heavy atom. The first-order valence-electron chi connectivity index (χ1n) is 7.88. The normalized spacial score (nSPS) is 13.4. The van der Waals surface area contributed by atoms with Gasteiger partial charge in [-0.25, -0.2) is 0 Å². The molecule has 1 unspecified atom stereocenters. The van der Waals surface area contributed by atoms with Gasteiger partial charge in [-0.3, -0.25) is 4.79 Å². The SMILES string of the molecule is CC(C)Oc1ccc(CNC(=O)C(C)(N)c2ccc(Br)cc2)cc1. The molecule has 0 aliphatic heterocycles. The lowest BCUT2D eigenvalue weighted by Gasteiger charge is -2.24. The van der Waals surface area contributed by atoms with Gasteiger partial charge in [-0.2, -0.15) is 0 Å². The van der Waals surface area contributed by atoms with E-state index in [-0.39, 0.29) is 12.0 Å². The minimum atomic E-state index is -1.08. The molecule has 0 fully saturated rings. The molecule has 1 atom stereocenters. The van der Waals surface area contributed by atoms with Crippen molar-refractivity contribution >= 4 is 21.8 Å². The molecule has 4 nitrogen and oxygen atoms in total. The van der Waals surface area contributed by atoms with Gasteiger partial charge in [0.1, 0.15) is 11.3 Å². The van der Waals surface area contributed by atoms with E-state index in [1.807, 2.05) is 62.4 Å². The number of rotatable bonds is 6. The smallest absolute Gasteiger partial charge is 0.244 e. The van der Waals surface area contributed by atoms with Crippen molar-refractivity contribution in [2.75, 3.05) is 0 Å². The zero-order chi connectivity index (χ0) is 17.7. The number of amides is 1. The Hall–Kier alpha value is -1.85. The maximum atomic E-state index is 12.5. The first-order valence-corrected chi connectivity index (χ1v) is 8.67. The molecule has 2 aromatic rings. The van der Waals surface area contributed by atoms with Gasteiger partial charge in [0.2, 0.25) is 5.91 Å². The third-order valence-corrected chi connectivity index (χ3v) is 4.19. The molecule has 0 radical (unpaired) electrons. The Labute approximate surface area is 151 Å². The Balaban J connectivity index is 1.97. The molecule has 128 valence electrons. The van der Waals surface area contributed by atoms with Gasteiger partial charge in [0.05, 0.1) is 6.10 Å². The van der Waals surface area contributed by atoms with Gasteiger partial charge in [0.15, 0.2) is 0 Å². The molecule has 0 heterocycles. The number of hydrogen-bond donors (Lipinski definition) is 2. The predicted molar refractivity (Wildman–Crippen MR) is 99.7 cm³/mol. The molecule has 2 aromatic carbocycles. The van der Waals surface area contributed by atoms with Crippen LogP contribution in [0.3, 0.4) is 0 Å². The summed E-state index contributed by atoms with van der Waals surface area (Å²) in [7, 11) is 0. The number of ether oxygens (including phenoxy) is 1. The topological polar surface area (TPSA) is 64.3 Å². The number of halogens is 1. The van der Waals surface area contributed by atoms with E-state index < -0.39 is 5.54 Å². The molecule has 24 heavy (non-hydrogen) atoms. The molecule has 0 saturated heterocycles. The van der Waals surface area contributed by atoms with E-state index in [1.54, 1.807) is 6.92 Å². The highest BCUT2D eigenvalue weighted by molar-refractivity contribution is 9.10. The van der Waals surface area contributed by atoms with Crippen LogP contribution in [-0.4, -0.2) is 12.0 Å². The third-order valence-electron chi connectivity index (χ3n) is 3.66. The van der Waals surface area contributed by atoms with E-state index >= 15 is 0 Å². The molecule has 0 aromatic heterocycles. The standard InChI is InChI=1S/C19H23BrN2O2/c1-13(2)24-17-10-4-14(5-11-17)12-22-18(23)19(3,21)15-6-8-16(20)9-7-15/h4-11,13H,12,21H2,1-3H3,(H,22,23). The molecular formula is C19H23BrN2O2. The van der Waals surface area contributed by atoms with Crippen LogP contribution in [0.2, 0.25) is 0 Å². The van der Waals surface area contributed by atoms with Crippen LogP contribution in [0.15, 0.2) is 53.0 Å². The van der Waals surface area contributed by atoms with Crippen molar-refractivity contribution in [2.24, 2.45) is 5.73 Å². The number of carbonyl (C=O) groups is 1. The molecule has 0 aliphatic rings. The number of nitrogens with one attached hydrogen (secondary N) is 1. The van der Waals surface area contributed by atoms with Crippen molar-refractivity contribution in [2.45, 2.75) is 39.0 Å². The van der Waals surface area contributed by atoms with Crippen molar-refractivity contribution < 1.29 is 9.53 Å². The van der Waals surface area contributed by atoms with Gasteiger partial charge >= 0.3 is 0 Å².